The number of carbonyl (C=O) groups is 1. The lowest BCUT2D eigenvalue weighted by Crippen LogP contribution is -2.38. The van der Waals surface area contributed by atoms with E-state index < -0.39 is 0 Å². The Morgan fingerprint density at radius 3 is 2.70 bits per heavy atom. The van der Waals surface area contributed by atoms with Crippen molar-refractivity contribution in [1.29, 1.82) is 0 Å². The first kappa shape index (κ1) is 17.1. The fourth-order valence-corrected chi connectivity index (χ4v) is 5.90. The number of hydrogen-bond donors (Lipinski definition) is 0. The number of hydrogen-bond acceptors (Lipinski definition) is 5. The van der Waals surface area contributed by atoms with Crippen LogP contribution in [-0.4, -0.2) is 43.5 Å². The smallest absolute Gasteiger partial charge is 0.293 e. The third-order valence-corrected chi connectivity index (χ3v) is 7.36. The van der Waals surface area contributed by atoms with E-state index in [1.54, 1.807) is 15.9 Å². The van der Waals surface area contributed by atoms with Gasteiger partial charge >= 0.3 is 0 Å². The molecule has 27 heavy (non-hydrogen) atoms. The Morgan fingerprint density at radius 1 is 1.15 bits per heavy atom. The molecular formula is C20H25N5OS. The molecule has 5 rings (SSSR count). The molecule has 1 atom stereocenters. The van der Waals surface area contributed by atoms with E-state index >= 15 is 0 Å². The molecule has 0 N–H and O–H groups in total. The molecule has 1 aliphatic carbocycles. The molecule has 7 heteroatoms. The predicted molar refractivity (Wildman–Crippen MR) is 107 cm³/mol. The largest absolute Gasteiger partial charge is 0.336 e. The number of piperidine rings is 1. The Kier molecular flexibility index (Phi) is 3.96. The Bertz CT molecular complexity index is 1040. The Hall–Kier alpha value is -2.02. The Labute approximate surface area is 162 Å². The average Bonchev–Trinajstić information content (AvgIpc) is 3.24. The summed E-state index contributed by atoms with van der Waals surface area (Å²) >= 11 is 1.79. The van der Waals surface area contributed by atoms with Gasteiger partial charge in [-0.05, 0) is 56.4 Å². The van der Waals surface area contributed by atoms with Gasteiger partial charge < -0.3 is 4.90 Å². The van der Waals surface area contributed by atoms with Gasteiger partial charge in [-0.25, -0.2) is 9.97 Å². The molecule has 0 aromatic carbocycles. The van der Waals surface area contributed by atoms with Crippen molar-refractivity contribution in [3.8, 4) is 0 Å². The van der Waals surface area contributed by atoms with Gasteiger partial charge in [0, 0.05) is 18.0 Å². The summed E-state index contributed by atoms with van der Waals surface area (Å²) in [5.41, 5.74) is 2.19. The number of carbonyl (C=O) groups excluding carboxylic acids is 1. The molecule has 1 aliphatic heterocycles. The van der Waals surface area contributed by atoms with Crippen LogP contribution in [0.1, 0.15) is 72.3 Å². The maximum absolute atomic E-state index is 13.0. The van der Waals surface area contributed by atoms with Crippen molar-refractivity contribution in [1.82, 2.24) is 24.5 Å². The molecule has 0 spiro atoms. The molecule has 1 saturated heterocycles. The van der Waals surface area contributed by atoms with E-state index in [1.165, 1.54) is 23.3 Å². The number of aryl methyl sites for hydroxylation is 2. The zero-order valence-corrected chi connectivity index (χ0v) is 17.0. The van der Waals surface area contributed by atoms with Crippen LogP contribution in [0, 0.1) is 12.8 Å². The van der Waals surface area contributed by atoms with Crippen molar-refractivity contribution in [2.75, 3.05) is 13.1 Å². The van der Waals surface area contributed by atoms with Crippen molar-refractivity contribution in [3.05, 3.63) is 22.1 Å². The van der Waals surface area contributed by atoms with Crippen LogP contribution >= 0.6 is 11.3 Å². The molecule has 1 fully saturated rings. The zero-order chi connectivity index (χ0) is 18.7. The predicted octanol–water partition coefficient (Wildman–Crippen LogP) is 3.96. The van der Waals surface area contributed by atoms with E-state index in [0.29, 0.717) is 17.7 Å². The average molecular weight is 384 g/mol. The zero-order valence-electron chi connectivity index (χ0n) is 16.2. The maximum Gasteiger partial charge on any atom is 0.293 e. The van der Waals surface area contributed by atoms with Crippen molar-refractivity contribution in [2.24, 2.45) is 5.92 Å². The molecule has 142 valence electrons. The monoisotopic (exact) mass is 383 g/mol. The number of thiophene rings is 1. The lowest BCUT2D eigenvalue weighted by molar-refractivity contribution is 0.0685. The fourth-order valence-electron chi connectivity index (χ4n) is 4.53. The SMILES string of the molecule is Cc1nc2sc3c(c2c2nc(C(=O)N4CCC(C)CC4)nn12)C(C)CCC3. The summed E-state index contributed by atoms with van der Waals surface area (Å²) in [6.07, 6.45) is 5.67. The van der Waals surface area contributed by atoms with Gasteiger partial charge in [-0.2, -0.15) is 4.52 Å². The highest BCUT2D eigenvalue weighted by Crippen LogP contribution is 2.42. The summed E-state index contributed by atoms with van der Waals surface area (Å²) in [5, 5.41) is 5.68. The lowest BCUT2D eigenvalue weighted by atomic mass is 9.87. The second-order valence-electron chi connectivity index (χ2n) is 8.22. The van der Waals surface area contributed by atoms with E-state index in [4.69, 9.17) is 9.97 Å². The van der Waals surface area contributed by atoms with Crippen LogP contribution in [0.4, 0.5) is 0 Å². The van der Waals surface area contributed by atoms with Crippen LogP contribution in [0.25, 0.3) is 15.9 Å². The highest BCUT2D eigenvalue weighted by Gasteiger charge is 2.29. The lowest BCUT2D eigenvalue weighted by Gasteiger charge is -2.29. The Balaban J connectivity index is 1.64. The summed E-state index contributed by atoms with van der Waals surface area (Å²) in [5.74, 6) is 2.26. The minimum Gasteiger partial charge on any atom is -0.336 e. The van der Waals surface area contributed by atoms with Gasteiger partial charge in [0.2, 0.25) is 5.82 Å². The maximum atomic E-state index is 13.0. The van der Waals surface area contributed by atoms with Crippen LogP contribution in [0.5, 0.6) is 0 Å². The number of fused-ring (bicyclic) bond motifs is 5. The molecule has 3 aromatic heterocycles. The molecule has 0 saturated carbocycles. The molecular weight excluding hydrogens is 358 g/mol. The summed E-state index contributed by atoms with van der Waals surface area (Å²) in [4.78, 5) is 26.9. The summed E-state index contributed by atoms with van der Waals surface area (Å²) in [6, 6.07) is 0. The van der Waals surface area contributed by atoms with Crippen LogP contribution < -0.4 is 0 Å². The minimum atomic E-state index is -0.0460. The number of rotatable bonds is 1. The first-order valence-electron chi connectivity index (χ1n) is 10.0. The van der Waals surface area contributed by atoms with Crippen LogP contribution in [-0.2, 0) is 6.42 Å². The van der Waals surface area contributed by atoms with E-state index in [0.717, 1.165) is 54.0 Å². The topological polar surface area (TPSA) is 63.4 Å². The third-order valence-electron chi connectivity index (χ3n) is 6.20. The van der Waals surface area contributed by atoms with Gasteiger partial charge in [-0.1, -0.05) is 13.8 Å². The van der Waals surface area contributed by atoms with E-state index in [-0.39, 0.29) is 5.91 Å². The number of likely N-dealkylation sites (tertiary alicyclic amines) is 1. The summed E-state index contributed by atoms with van der Waals surface area (Å²) in [7, 11) is 0. The molecule has 3 aromatic rings. The van der Waals surface area contributed by atoms with Gasteiger partial charge in [-0.3, -0.25) is 4.79 Å². The van der Waals surface area contributed by atoms with Crippen molar-refractivity contribution < 1.29 is 4.79 Å². The molecule has 0 radical (unpaired) electrons. The Morgan fingerprint density at radius 2 is 1.93 bits per heavy atom. The number of aromatic nitrogens is 4. The van der Waals surface area contributed by atoms with Gasteiger partial charge in [0.15, 0.2) is 5.65 Å². The fraction of sp³-hybridized carbons (Fsp3) is 0.600. The van der Waals surface area contributed by atoms with Gasteiger partial charge in [0.1, 0.15) is 10.7 Å². The van der Waals surface area contributed by atoms with Crippen LogP contribution in [0.2, 0.25) is 0 Å². The molecule has 1 unspecified atom stereocenters. The third kappa shape index (κ3) is 2.66. The van der Waals surface area contributed by atoms with Gasteiger partial charge in [0.05, 0.1) is 5.39 Å². The number of amides is 1. The molecule has 0 bridgehead atoms. The standard InChI is InChI=1S/C20H25N5OS/c1-11-7-9-24(10-8-11)20(26)17-22-18-16-15-12(2)5-4-6-14(15)27-19(16)21-13(3)25(18)23-17/h11-12H,4-10H2,1-3H3. The minimum absolute atomic E-state index is 0.0460. The molecule has 6 nitrogen and oxygen atoms in total. The van der Waals surface area contributed by atoms with Crippen molar-refractivity contribution in [2.45, 2.75) is 58.8 Å². The highest BCUT2D eigenvalue weighted by atomic mass is 32.1. The highest BCUT2D eigenvalue weighted by molar-refractivity contribution is 7.19. The van der Waals surface area contributed by atoms with Gasteiger partial charge in [0.25, 0.3) is 5.91 Å². The van der Waals surface area contributed by atoms with Crippen LogP contribution in [0.3, 0.4) is 0 Å². The second-order valence-corrected chi connectivity index (χ2v) is 9.30. The molecule has 2 aliphatic rings. The second kappa shape index (κ2) is 6.26. The van der Waals surface area contributed by atoms with Crippen molar-refractivity contribution >= 4 is 33.1 Å². The quantitative estimate of drug-likeness (QED) is 0.638. The number of nitrogens with zero attached hydrogens (tertiary/aromatic N) is 5. The van der Waals surface area contributed by atoms with E-state index in [1.807, 2.05) is 11.8 Å². The van der Waals surface area contributed by atoms with Crippen molar-refractivity contribution in [3.63, 3.8) is 0 Å². The van der Waals surface area contributed by atoms with E-state index in [2.05, 4.69) is 18.9 Å². The normalized spacial score (nSPS) is 21.1. The first-order valence-corrected chi connectivity index (χ1v) is 10.8. The summed E-state index contributed by atoms with van der Waals surface area (Å²) in [6.45, 7) is 8.08. The first-order chi connectivity index (χ1) is 13.0. The molecule has 4 heterocycles. The summed E-state index contributed by atoms with van der Waals surface area (Å²) < 4.78 is 1.77. The molecule has 1 amide bonds. The van der Waals surface area contributed by atoms with E-state index in [9.17, 15) is 4.79 Å². The van der Waals surface area contributed by atoms with Crippen LogP contribution in [0.15, 0.2) is 0 Å². The van der Waals surface area contributed by atoms with Gasteiger partial charge in [-0.15, -0.1) is 16.4 Å².